The Balaban J connectivity index is 2.18. The molecule has 0 saturated heterocycles. The number of amides is 1. The van der Waals surface area contributed by atoms with Crippen molar-refractivity contribution in [3.8, 4) is 0 Å². The van der Waals surface area contributed by atoms with Gasteiger partial charge in [0.15, 0.2) is 11.6 Å². The predicted molar refractivity (Wildman–Crippen MR) is 64.9 cm³/mol. The molecule has 0 aromatic rings. The topological polar surface area (TPSA) is 80.3 Å². The van der Waals surface area contributed by atoms with Gasteiger partial charge in [-0.2, -0.15) is 0 Å². The van der Waals surface area contributed by atoms with E-state index in [9.17, 15) is 19.2 Å². The minimum Gasteiger partial charge on any atom is -0.356 e. The Morgan fingerprint density at radius 2 is 2.00 bits per heavy atom. The van der Waals surface area contributed by atoms with Crippen LogP contribution in [0.3, 0.4) is 0 Å². The zero-order chi connectivity index (χ0) is 13.5. The molecule has 1 amide bonds. The van der Waals surface area contributed by atoms with Gasteiger partial charge in [-0.05, 0) is 25.7 Å². The molecule has 0 heterocycles. The Morgan fingerprint density at radius 3 is 2.61 bits per heavy atom. The summed E-state index contributed by atoms with van der Waals surface area (Å²) in [6.07, 6.45) is 2.48. The standard InChI is InChI=1S/C13H19NO4/c1-9(15)3-2-6-14-13(18)8-10-4-5-11(16)12(17)7-10/h10H,2-8H2,1H3,(H,14,18). The lowest BCUT2D eigenvalue weighted by molar-refractivity contribution is -0.139. The van der Waals surface area contributed by atoms with E-state index in [1.165, 1.54) is 6.92 Å². The van der Waals surface area contributed by atoms with E-state index in [0.717, 1.165) is 0 Å². The van der Waals surface area contributed by atoms with Crippen molar-refractivity contribution in [2.24, 2.45) is 5.92 Å². The average Bonchev–Trinajstić information content (AvgIpc) is 2.29. The normalized spacial score (nSPS) is 19.7. The maximum atomic E-state index is 11.6. The van der Waals surface area contributed by atoms with E-state index >= 15 is 0 Å². The molecule has 100 valence electrons. The number of carbonyl (C=O) groups excluding carboxylic acids is 4. The third-order valence-electron chi connectivity index (χ3n) is 3.07. The minimum absolute atomic E-state index is 0.0111. The third kappa shape index (κ3) is 5.21. The van der Waals surface area contributed by atoms with Gasteiger partial charge in [-0.3, -0.25) is 14.4 Å². The molecule has 1 fully saturated rings. The predicted octanol–water partition coefficient (Wildman–Crippen LogP) is 0.800. The van der Waals surface area contributed by atoms with Crippen molar-refractivity contribution in [1.29, 1.82) is 0 Å². The van der Waals surface area contributed by atoms with Crippen LogP contribution >= 0.6 is 0 Å². The maximum absolute atomic E-state index is 11.6. The van der Waals surface area contributed by atoms with E-state index in [1.54, 1.807) is 0 Å². The minimum atomic E-state index is -0.351. The number of hydrogen-bond acceptors (Lipinski definition) is 4. The fourth-order valence-electron chi connectivity index (χ4n) is 2.03. The van der Waals surface area contributed by atoms with Crippen LogP contribution in [0.1, 0.15) is 45.4 Å². The van der Waals surface area contributed by atoms with Gasteiger partial charge in [-0.1, -0.05) is 0 Å². The highest BCUT2D eigenvalue weighted by Gasteiger charge is 2.27. The number of nitrogens with one attached hydrogen (secondary N) is 1. The molecule has 18 heavy (non-hydrogen) atoms. The van der Waals surface area contributed by atoms with E-state index in [1.807, 2.05) is 0 Å². The first-order valence-electron chi connectivity index (χ1n) is 6.31. The fraction of sp³-hybridized carbons (Fsp3) is 0.692. The summed E-state index contributed by atoms with van der Waals surface area (Å²) in [7, 11) is 0. The van der Waals surface area contributed by atoms with Crippen molar-refractivity contribution in [2.45, 2.75) is 45.4 Å². The summed E-state index contributed by atoms with van der Waals surface area (Å²) >= 11 is 0. The molecule has 0 bridgehead atoms. The van der Waals surface area contributed by atoms with Crippen LogP contribution in [-0.4, -0.2) is 29.8 Å². The second kappa shape index (κ2) is 7.03. The van der Waals surface area contributed by atoms with Crippen molar-refractivity contribution < 1.29 is 19.2 Å². The summed E-state index contributed by atoms with van der Waals surface area (Å²) in [5.41, 5.74) is 0. The molecule has 0 spiro atoms. The van der Waals surface area contributed by atoms with Crippen LogP contribution in [-0.2, 0) is 19.2 Å². The van der Waals surface area contributed by atoms with E-state index in [-0.39, 0.29) is 42.0 Å². The van der Waals surface area contributed by atoms with Gasteiger partial charge in [0.05, 0.1) is 0 Å². The second-order valence-corrected chi connectivity index (χ2v) is 4.81. The molecular weight excluding hydrogens is 234 g/mol. The second-order valence-electron chi connectivity index (χ2n) is 4.81. The highest BCUT2D eigenvalue weighted by Crippen LogP contribution is 2.22. The van der Waals surface area contributed by atoms with E-state index in [2.05, 4.69) is 5.32 Å². The number of ketones is 3. The molecule has 5 heteroatoms. The Hall–Kier alpha value is -1.52. The molecule has 0 aromatic carbocycles. The molecular formula is C13H19NO4. The molecule has 1 rings (SSSR count). The summed E-state index contributed by atoms with van der Waals surface area (Å²) < 4.78 is 0. The lowest BCUT2D eigenvalue weighted by Gasteiger charge is -2.19. The van der Waals surface area contributed by atoms with Gasteiger partial charge in [-0.15, -0.1) is 0 Å². The molecule has 5 nitrogen and oxygen atoms in total. The Kier molecular flexibility index (Phi) is 5.68. The van der Waals surface area contributed by atoms with Crippen molar-refractivity contribution in [2.75, 3.05) is 6.54 Å². The van der Waals surface area contributed by atoms with E-state index in [0.29, 0.717) is 32.2 Å². The van der Waals surface area contributed by atoms with Crippen LogP contribution in [0.5, 0.6) is 0 Å². The van der Waals surface area contributed by atoms with Crippen LogP contribution < -0.4 is 5.32 Å². The van der Waals surface area contributed by atoms with Crippen LogP contribution in [0.25, 0.3) is 0 Å². The van der Waals surface area contributed by atoms with Gasteiger partial charge in [0, 0.05) is 32.2 Å². The summed E-state index contributed by atoms with van der Waals surface area (Å²) in [6.45, 7) is 2.00. The lowest BCUT2D eigenvalue weighted by Crippen LogP contribution is -2.31. The number of Topliss-reactive ketones (excluding diaryl/α,β-unsaturated/α-hetero) is 3. The first-order valence-corrected chi connectivity index (χ1v) is 6.31. The zero-order valence-electron chi connectivity index (χ0n) is 10.7. The molecule has 1 unspecified atom stereocenters. The highest BCUT2D eigenvalue weighted by atomic mass is 16.2. The molecule has 1 aliphatic rings. The molecule has 1 atom stereocenters. The molecule has 0 aliphatic heterocycles. The molecule has 1 aliphatic carbocycles. The summed E-state index contributed by atoms with van der Waals surface area (Å²) in [5.74, 6) is -0.668. The quantitative estimate of drug-likeness (QED) is 0.561. The molecule has 1 saturated carbocycles. The number of hydrogen-bond donors (Lipinski definition) is 1. The molecule has 1 N–H and O–H groups in total. The maximum Gasteiger partial charge on any atom is 0.220 e. The molecule has 0 aromatic heterocycles. The first kappa shape index (κ1) is 14.5. The zero-order valence-corrected chi connectivity index (χ0v) is 10.7. The van der Waals surface area contributed by atoms with Crippen molar-refractivity contribution in [3.05, 3.63) is 0 Å². The van der Waals surface area contributed by atoms with Crippen LogP contribution in [0.2, 0.25) is 0 Å². The Bertz CT molecular complexity index is 362. The van der Waals surface area contributed by atoms with E-state index < -0.39 is 0 Å². The largest absolute Gasteiger partial charge is 0.356 e. The van der Waals surface area contributed by atoms with Gasteiger partial charge in [-0.25, -0.2) is 0 Å². The molecule has 0 radical (unpaired) electrons. The smallest absolute Gasteiger partial charge is 0.220 e. The summed E-state index contributed by atoms with van der Waals surface area (Å²) in [6, 6.07) is 0. The van der Waals surface area contributed by atoms with Crippen molar-refractivity contribution in [3.63, 3.8) is 0 Å². The van der Waals surface area contributed by atoms with Gasteiger partial charge >= 0.3 is 0 Å². The third-order valence-corrected chi connectivity index (χ3v) is 3.07. The van der Waals surface area contributed by atoms with Crippen LogP contribution in [0, 0.1) is 5.92 Å². The van der Waals surface area contributed by atoms with Gasteiger partial charge in [0.25, 0.3) is 0 Å². The summed E-state index contributed by atoms with van der Waals surface area (Å²) in [5, 5.41) is 2.72. The van der Waals surface area contributed by atoms with Gasteiger partial charge in [0.1, 0.15) is 5.78 Å². The van der Waals surface area contributed by atoms with Crippen LogP contribution in [0.4, 0.5) is 0 Å². The number of carbonyl (C=O) groups is 4. The SMILES string of the molecule is CC(=O)CCCNC(=O)CC1CCC(=O)C(=O)C1. The Morgan fingerprint density at radius 1 is 1.28 bits per heavy atom. The van der Waals surface area contributed by atoms with Gasteiger partial charge < -0.3 is 10.1 Å². The van der Waals surface area contributed by atoms with Crippen molar-refractivity contribution >= 4 is 23.3 Å². The monoisotopic (exact) mass is 253 g/mol. The Labute approximate surface area is 106 Å². The summed E-state index contributed by atoms with van der Waals surface area (Å²) in [4.78, 5) is 44.5. The van der Waals surface area contributed by atoms with Gasteiger partial charge in [0.2, 0.25) is 5.91 Å². The van der Waals surface area contributed by atoms with E-state index in [4.69, 9.17) is 0 Å². The highest BCUT2D eigenvalue weighted by molar-refractivity contribution is 6.37. The average molecular weight is 253 g/mol. The fourth-order valence-corrected chi connectivity index (χ4v) is 2.03. The van der Waals surface area contributed by atoms with Crippen molar-refractivity contribution in [1.82, 2.24) is 5.32 Å². The number of rotatable bonds is 6. The first-order chi connectivity index (χ1) is 8.49. The van der Waals surface area contributed by atoms with Crippen LogP contribution in [0.15, 0.2) is 0 Å². The lowest BCUT2D eigenvalue weighted by atomic mass is 9.85.